The number of amides is 3. The molecular formula is C19H32N4O2. The summed E-state index contributed by atoms with van der Waals surface area (Å²) in [7, 11) is 0. The van der Waals surface area contributed by atoms with Crippen LogP contribution in [-0.2, 0) is 4.79 Å². The van der Waals surface area contributed by atoms with Crippen molar-refractivity contribution in [1.29, 1.82) is 0 Å². The van der Waals surface area contributed by atoms with E-state index in [1.54, 1.807) is 6.92 Å². The summed E-state index contributed by atoms with van der Waals surface area (Å²) < 4.78 is 0. The number of carbonyl (C=O) groups is 2. The van der Waals surface area contributed by atoms with Crippen LogP contribution in [0.2, 0.25) is 0 Å². The first kappa shape index (κ1) is 17.1. The number of urea groups is 1. The highest BCUT2D eigenvalue weighted by molar-refractivity contribution is 5.78. The molecule has 25 heavy (non-hydrogen) atoms. The summed E-state index contributed by atoms with van der Waals surface area (Å²) >= 11 is 0. The van der Waals surface area contributed by atoms with E-state index in [1.807, 2.05) is 4.90 Å². The maximum Gasteiger partial charge on any atom is 0.320 e. The molecule has 0 aromatic rings. The van der Waals surface area contributed by atoms with Gasteiger partial charge in [0.1, 0.15) is 0 Å². The van der Waals surface area contributed by atoms with E-state index in [1.165, 1.54) is 32.1 Å². The van der Waals surface area contributed by atoms with Crippen LogP contribution in [-0.4, -0.2) is 88.9 Å². The molecule has 0 radical (unpaired) electrons. The third kappa shape index (κ3) is 3.37. The van der Waals surface area contributed by atoms with Gasteiger partial charge < -0.3 is 14.7 Å². The van der Waals surface area contributed by atoms with Crippen molar-refractivity contribution in [2.75, 3.05) is 39.3 Å². The predicted molar refractivity (Wildman–Crippen MR) is 96.3 cm³/mol. The fourth-order valence-corrected chi connectivity index (χ4v) is 5.33. The Labute approximate surface area is 151 Å². The van der Waals surface area contributed by atoms with E-state index in [2.05, 4.69) is 14.7 Å². The predicted octanol–water partition coefficient (Wildman–Crippen LogP) is 1.75. The van der Waals surface area contributed by atoms with Gasteiger partial charge in [0.2, 0.25) is 5.91 Å². The van der Waals surface area contributed by atoms with Crippen molar-refractivity contribution >= 4 is 11.9 Å². The van der Waals surface area contributed by atoms with Crippen LogP contribution in [0, 0.1) is 0 Å². The van der Waals surface area contributed by atoms with E-state index in [9.17, 15) is 9.59 Å². The van der Waals surface area contributed by atoms with Crippen LogP contribution in [0.1, 0.15) is 51.9 Å². The van der Waals surface area contributed by atoms with Gasteiger partial charge in [0.25, 0.3) is 0 Å². The summed E-state index contributed by atoms with van der Waals surface area (Å²) in [6.45, 7) is 7.25. The lowest BCUT2D eigenvalue weighted by molar-refractivity contribution is -0.130. The maximum absolute atomic E-state index is 12.8. The topological polar surface area (TPSA) is 47.1 Å². The van der Waals surface area contributed by atoms with Crippen molar-refractivity contribution in [3.8, 4) is 0 Å². The van der Waals surface area contributed by atoms with Crippen LogP contribution >= 0.6 is 0 Å². The summed E-state index contributed by atoms with van der Waals surface area (Å²) in [5.74, 6) is 0.202. The van der Waals surface area contributed by atoms with Gasteiger partial charge in [-0.25, -0.2) is 4.79 Å². The molecule has 3 amide bonds. The molecule has 3 aliphatic heterocycles. The Morgan fingerprint density at radius 3 is 2.20 bits per heavy atom. The summed E-state index contributed by atoms with van der Waals surface area (Å²) in [4.78, 5) is 33.2. The first-order valence-electron chi connectivity index (χ1n) is 10.2. The zero-order valence-electron chi connectivity index (χ0n) is 15.5. The zero-order chi connectivity index (χ0) is 17.4. The third-order valence-corrected chi connectivity index (χ3v) is 6.85. The molecule has 3 saturated heterocycles. The van der Waals surface area contributed by atoms with Crippen LogP contribution in [0.5, 0.6) is 0 Å². The molecule has 0 bridgehead atoms. The van der Waals surface area contributed by atoms with Gasteiger partial charge in [-0.05, 0) is 25.7 Å². The number of hydrogen-bond donors (Lipinski definition) is 0. The lowest BCUT2D eigenvalue weighted by Gasteiger charge is -2.43. The van der Waals surface area contributed by atoms with Gasteiger partial charge in [0.15, 0.2) is 0 Å². The summed E-state index contributed by atoms with van der Waals surface area (Å²) in [5, 5.41) is 0. The van der Waals surface area contributed by atoms with Crippen molar-refractivity contribution in [1.82, 2.24) is 19.6 Å². The molecule has 4 rings (SSSR count). The molecule has 0 spiro atoms. The number of likely N-dealkylation sites (tertiary alicyclic amines) is 1. The second-order valence-corrected chi connectivity index (χ2v) is 8.31. The first-order chi connectivity index (χ1) is 12.1. The number of hydrogen-bond acceptors (Lipinski definition) is 3. The first-order valence-corrected chi connectivity index (χ1v) is 10.2. The van der Waals surface area contributed by atoms with E-state index >= 15 is 0 Å². The van der Waals surface area contributed by atoms with E-state index in [0.29, 0.717) is 24.2 Å². The largest absolute Gasteiger partial charge is 0.343 e. The van der Waals surface area contributed by atoms with Crippen molar-refractivity contribution in [3.05, 3.63) is 0 Å². The molecule has 0 unspecified atom stereocenters. The average molecular weight is 348 g/mol. The van der Waals surface area contributed by atoms with Gasteiger partial charge in [-0.3, -0.25) is 9.69 Å². The highest BCUT2D eigenvalue weighted by atomic mass is 16.2. The number of carbonyl (C=O) groups excluding carboxylic acids is 2. The number of piperidine rings is 1. The van der Waals surface area contributed by atoms with E-state index in [0.717, 1.165) is 52.1 Å². The van der Waals surface area contributed by atoms with Crippen molar-refractivity contribution in [2.24, 2.45) is 0 Å². The quantitative estimate of drug-likeness (QED) is 0.764. The Bertz CT molecular complexity index is 512. The molecule has 6 heteroatoms. The minimum Gasteiger partial charge on any atom is -0.343 e. The summed E-state index contributed by atoms with van der Waals surface area (Å²) in [5.41, 5.74) is 0. The molecule has 3 heterocycles. The van der Waals surface area contributed by atoms with Crippen molar-refractivity contribution in [3.63, 3.8) is 0 Å². The molecule has 140 valence electrons. The fourth-order valence-electron chi connectivity index (χ4n) is 5.33. The number of piperazine rings is 1. The van der Waals surface area contributed by atoms with Crippen LogP contribution in [0.3, 0.4) is 0 Å². The van der Waals surface area contributed by atoms with Gasteiger partial charge in [-0.1, -0.05) is 19.3 Å². The average Bonchev–Trinajstić information content (AvgIpc) is 2.99. The lowest BCUT2D eigenvalue weighted by Crippen LogP contribution is -2.57. The minimum absolute atomic E-state index is 0.202. The van der Waals surface area contributed by atoms with Gasteiger partial charge in [0, 0.05) is 58.3 Å². The smallest absolute Gasteiger partial charge is 0.320 e. The fraction of sp³-hybridized carbons (Fsp3) is 0.895. The van der Waals surface area contributed by atoms with E-state index in [4.69, 9.17) is 0 Å². The molecule has 0 aromatic heterocycles. The Balaban J connectivity index is 1.34. The van der Waals surface area contributed by atoms with Crippen molar-refractivity contribution < 1.29 is 9.59 Å². The Morgan fingerprint density at radius 1 is 0.800 bits per heavy atom. The van der Waals surface area contributed by atoms with Gasteiger partial charge in [0.05, 0.1) is 6.04 Å². The Kier molecular flexibility index (Phi) is 4.89. The highest BCUT2D eigenvalue weighted by Gasteiger charge is 2.44. The zero-order valence-corrected chi connectivity index (χ0v) is 15.5. The normalized spacial score (nSPS) is 30.0. The number of rotatable bonds is 2. The SMILES string of the molecule is CC(=O)N1CCC(N2CCN3C(=O)N(C4CCCCC4)C[C@H]3C2)CC1. The van der Waals surface area contributed by atoms with Crippen LogP contribution in [0.15, 0.2) is 0 Å². The molecular weight excluding hydrogens is 316 g/mol. The summed E-state index contributed by atoms with van der Waals surface area (Å²) in [6, 6.07) is 1.73. The molecule has 1 atom stereocenters. The molecule has 0 N–H and O–H groups in total. The third-order valence-electron chi connectivity index (χ3n) is 6.85. The Morgan fingerprint density at radius 2 is 1.52 bits per heavy atom. The van der Waals surface area contributed by atoms with Gasteiger partial charge in [-0.15, -0.1) is 0 Å². The number of nitrogens with zero attached hydrogens (tertiary/aromatic N) is 4. The van der Waals surface area contributed by atoms with Gasteiger partial charge >= 0.3 is 6.03 Å². The molecule has 1 saturated carbocycles. The molecule has 0 aromatic carbocycles. The monoisotopic (exact) mass is 348 g/mol. The molecule has 4 fully saturated rings. The standard InChI is InChI=1S/C19H32N4O2/c1-15(24)20-9-7-16(8-10-20)21-11-12-22-18(13-21)14-23(19(22)25)17-5-3-2-4-6-17/h16-18H,2-14H2,1H3/t18-/m1/s1. The van der Waals surface area contributed by atoms with Crippen LogP contribution in [0.4, 0.5) is 4.79 Å². The second-order valence-electron chi connectivity index (χ2n) is 8.31. The molecule has 4 aliphatic rings. The maximum atomic E-state index is 12.8. The summed E-state index contributed by atoms with van der Waals surface area (Å²) in [6.07, 6.45) is 8.43. The van der Waals surface area contributed by atoms with Crippen molar-refractivity contribution in [2.45, 2.75) is 70.0 Å². The van der Waals surface area contributed by atoms with E-state index in [-0.39, 0.29) is 5.91 Å². The molecule has 1 aliphatic carbocycles. The van der Waals surface area contributed by atoms with Gasteiger partial charge in [-0.2, -0.15) is 0 Å². The second kappa shape index (κ2) is 7.14. The highest BCUT2D eigenvalue weighted by Crippen LogP contribution is 2.30. The molecule has 6 nitrogen and oxygen atoms in total. The Hall–Kier alpha value is -1.30. The van der Waals surface area contributed by atoms with Crippen LogP contribution in [0.25, 0.3) is 0 Å². The van der Waals surface area contributed by atoms with E-state index < -0.39 is 0 Å². The number of fused-ring (bicyclic) bond motifs is 1. The minimum atomic E-state index is 0.202. The van der Waals surface area contributed by atoms with Crippen LogP contribution < -0.4 is 0 Å². The lowest BCUT2D eigenvalue weighted by atomic mass is 9.94.